The number of halogens is 7. The monoisotopic (exact) mass is 694 g/mol. The first-order chi connectivity index (χ1) is 23.1. The van der Waals surface area contributed by atoms with Crippen LogP contribution in [0.2, 0.25) is 0 Å². The third kappa shape index (κ3) is 4.39. The van der Waals surface area contributed by atoms with Crippen LogP contribution in [0.5, 0.6) is 11.9 Å². The normalized spacial score (nSPS) is 32.7. The van der Waals surface area contributed by atoms with Gasteiger partial charge in [0.25, 0.3) is 5.92 Å². The predicted molar refractivity (Wildman–Crippen MR) is 161 cm³/mol. The molecule has 5 fully saturated rings. The molecule has 0 aromatic carbocycles. The Morgan fingerprint density at radius 1 is 1.06 bits per heavy atom. The molecular weight excluding hydrogens is 661 g/mol. The number of nitrogens with zero attached hydrogens (tertiary/aromatic N) is 6. The minimum absolute atomic E-state index is 0.0272. The second kappa shape index (κ2) is 9.95. The molecule has 262 valence electrons. The molecule has 3 N–H and O–H groups in total. The van der Waals surface area contributed by atoms with Gasteiger partial charge in [-0.2, -0.15) is 23.1 Å². The van der Waals surface area contributed by atoms with Gasteiger partial charge in [-0.05, 0) is 52.5 Å². The van der Waals surface area contributed by atoms with Gasteiger partial charge < -0.3 is 25.4 Å². The second-order valence-corrected chi connectivity index (χ2v) is 14.7. The van der Waals surface area contributed by atoms with E-state index in [0.717, 1.165) is 26.2 Å². The molecule has 3 aromatic rings. The number of pyridine rings is 2. The van der Waals surface area contributed by atoms with E-state index in [9.17, 15) is 26.3 Å². The first-order valence-electron chi connectivity index (χ1n) is 16.5. The topological polar surface area (TPSA) is 115 Å². The summed E-state index contributed by atoms with van der Waals surface area (Å²) in [5.41, 5.74) is -0.811. The molecule has 0 amide bonds. The van der Waals surface area contributed by atoms with Crippen molar-refractivity contribution in [1.82, 2.24) is 30.2 Å². The number of nitrogens with one attached hydrogen (secondary N) is 1. The van der Waals surface area contributed by atoms with Crippen LogP contribution in [0.25, 0.3) is 22.3 Å². The van der Waals surface area contributed by atoms with Crippen molar-refractivity contribution in [2.24, 2.45) is 5.41 Å². The van der Waals surface area contributed by atoms with E-state index in [1.165, 1.54) is 0 Å². The van der Waals surface area contributed by atoms with Crippen molar-refractivity contribution in [3.05, 3.63) is 22.8 Å². The average molecular weight is 695 g/mol. The lowest BCUT2D eigenvalue weighted by Crippen LogP contribution is -2.62. The van der Waals surface area contributed by atoms with E-state index < -0.39 is 74.6 Å². The Balaban J connectivity index is 1.21. The molecule has 4 saturated heterocycles. The minimum Gasteiger partial charge on any atom is -0.472 e. The van der Waals surface area contributed by atoms with Gasteiger partial charge in [-0.3, -0.25) is 4.90 Å². The van der Waals surface area contributed by atoms with E-state index in [-0.39, 0.29) is 67.2 Å². The molecule has 1 unspecified atom stereocenters. The number of alkyl halides is 5. The van der Waals surface area contributed by atoms with Crippen LogP contribution >= 0.6 is 0 Å². The molecule has 3 aromatic heterocycles. The van der Waals surface area contributed by atoms with E-state index in [2.05, 4.69) is 20.3 Å². The maximum absolute atomic E-state index is 16.8. The van der Waals surface area contributed by atoms with Gasteiger partial charge in [0.05, 0.1) is 22.6 Å². The largest absolute Gasteiger partial charge is 0.472 e. The molecule has 10 nitrogen and oxygen atoms in total. The number of fused-ring (bicyclic) bond motifs is 6. The first kappa shape index (κ1) is 31.3. The zero-order chi connectivity index (χ0) is 34.4. The van der Waals surface area contributed by atoms with Gasteiger partial charge in [-0.1, -0.05) is 0 Å². The second-order valence-electron chi connectivity index (χ2n) is 14.7. The Hall–Kier alpha value is -3.73. The van der Waals surface area contributed by atoms with Crippen LogP contribution in [-0.2, 0) is 6.18 Å². The van der Waals surface area contributed by atoms with Gasteiger partial charge in [-0.15, -0.1) is 0 Å². The van der Waals surface area contributed by atoms with Gasteiger partial charge in [0.2, 0.25) is 5.88 Å². The number of piperazine rings is 1. The van der Waals surface area contributed by atoms with Crippen LogP contribution in [0, 0.1) is 24.0 Å². The fourth-order valence-corrected chi connectivity index (χ4v) is 9.38. The van der Waals surface area contributed by atoms with Crippen LogP contribution in [0.15, 0.2) is 0 Å². The first-order valence-corrected chi connectivity index (χ1v) is 16.5. The number of aromatic nitrogens is 4. The van der Waals surface area contributed by atoms with Gasteiger partial charge in [0.15, 0.2) is 17.5 Å². The van der Waals surface area contributed by atoms with Crippen LogP contribution in [0.1, 0.15) is 56.6 Å². The predicted octanol–water partition coefficient (Wildman–Crippen LogP) is 5.01. The highest BCUT2D eigenvalue weighted by Gasteiger charge is 2.77. The highest BCUT2D eigenvalue weighted by Crippen LogP contribution is 2.69. The summed E-state index contributed by atoms with van der Waals surface area (Å²) < 4.78 is 116. The lowest BCUT2D eigenvalue weighted by atomic mass is 9.89. The van der Waals surface area contributed by atoms with E-state index in [1.807, 2.05) is 9.80 Å². The number of nitrogen functional groups attached to an aromatic ring is 1. The Morgan fingerprint density at radius 3 is 2.57 bits per heavy atom. The molecule has 2 bridgehead atoms. The molecule has 49 heavy (non-hydrogen) atoms. The molecule has 0 radical (unpaired) electrons. The smallest absolute Gasteiger partial charge is 0.418 e. The quantitative estimate of drug-likeness (QED) is 0.362. The summed E-state index contributed by atoms with van der Waals surface area (Å²) in [5, 5.41) is 3.62. The molecule has 5 aliphatic heterocycles. The van der Waals surface area contributed by atoms with Crippen molar-refractivity contribution in [1.29, 1.82) is 0 Å². The number of hydrogen-bond donors (Lipinski definition) is 2. The summed E-state index contributed by atoms with van der Waals surface area (Å²) >= 11 is 0. The lowest BCUT2D eigenvalue weighted by Gasteiger charge is -2.42. The molecule has 1 spiro atoms. The fraction of sp³-hybridized carbons (Fsp3) is 0.625. The number of rotatable bonds is 4. The summed E-state index contributed by atoms with van der Waals surface area (Å²) in [6, 6.07) is -0.493. The third-order valence-electron chi connectivity index (χ3n) is 11.7. The van der Waals surface area contributed by atoms with Crippen molar-refractivity contribution in [3.63, 3.8) is 0 Å². The van der Waals surface area contributed by atoms with Gasteiger partial charge >= 0.3 is 12.2 Å². The number of hydrogen-bond acceptors (Lipinski definition) is 10. The lowest BCUT2D eigenvalue weighted by molar-refractivity contribution is -0.137. The van der Waals surface area contributed by atoms with E-state index in [4.69, 9.17) is 20.2 Å². The third-order valence-corrected chi connectivity index (χ3v) is 11.7. The summed E-state index contributed by atoms with van der Waals surface area (Å²) in [6.07, 6.45) is -2.51. The van der Waals surface area contributed by atoms with Crippen molar-refractivity contribution >= 4 is 22.5 Å². The van der Waals surface area contributed by atoms with Crippen molar-refractivity contribution < 1.29 is 40.2 Å². The van der Waals surface area contributed by atoms with Crippen LogP contribution in [-0.4, -0.2) is 86.8 Å². The highest BCUT2D eigenvalue weighted by molar-refractivity contribution is 5.97. The fourth-order valence-electron chi connectivity index (χ4n) is 9.38. The Labute approximate surface area is 275 Å². The minimum atomic E-state index is -5.15. The van der Waals surface area contributed by atoms with Crippen LogP contribution in [0.4, 0.5) is 42.4 Å². The molecule has 1 saturated carbocycles. The Bertz CT molecular complexity index is 1930. The van der Waals surface area contributed by atoms with E-state index in [0.29, 0.717) is 19.5 Å². The van der Waals surface area contributed by atoms with Crippen molar-refractivity contribution in [2.45, 2.75) is 94.2 Å². The molecule has 1 aliphatic carbocycles. The summed E-state index contributed by atoms with van der Waals surface area (Å²) in [4.78, 5) is 21.0. The molecule has 8 heterocycles. The van der Waals surface area contributed by atoms with Gasteiger partial charge in [-0.25, -0.2) is 27.5 Å². The maximum Gasteiger partial charge on any atom is 0.418 e. The van der Waals surface area contributed by atoms with Crippen LogP contribution in [0.3, 0.4) is 0 Å². The molecule has 6 aliphatic rings. The summed E-state index contributed by atoms with van der Waals surface area (Å²) in [7, 11) is 0. The molecular formula is C32H33F7N8O2. The standard InChI is InChI=1S/C32H33F7N8O2/c1-13-18(32(37,38)39)22(42-25(40)19(13)33)23-20(34)21-17-26(47-8-15-4-5-16(41-15)24(47)14(2)49-27(17)43-23)45-28(44-21)48-12-30-6-3-7-46(30)11-29(9-30)10-31(29,35)36/h14-16,24,41H,3-12H2,1-2H3,(H2,40,42)/t14-,15+,16-,24+,29?,30-/m0/s1. The van der Waals surface area contributed by atoms with E-state index >= 15 is 4.39 Å². The summed E-state index contributed by atoms with van der Waals surface area (Å²) in [6.45, 7) is 4.03. The molecule has 9 rings (SSSR count). The highest BCUT2D eigenvalue weighted by atomic mass is 19.4. The van der Waals surface area contributed by atoms with Crippen molar-refractivity contribution in [3.8, 4) is 23.3 Å². The maximum atomic E-state index is 16.8. The number of anilines is 2. The van der Waals surface area contributed by atoms with E-state index in [1.54, 1.807) is 6.92 Å². The van der Waals surface area contributed by atoms with Crippen molar-refractivity contribution in [2.75, 3.05) is 36.9 Å². The molecule has 17 heteroatoms. The average Bonchev–Trinajstić information content (AvgIpc) is 3.34. The zero-order valence-corrected chi connectivity index (χ0v) is 26.6. The Morgan fingerprint density at radius 2 is 1.84 bits per heavy atom. The van der Waals surface area contributed by atoms with Gasteiger partial charge in [0, 0.05) is 37.2 Å². The number of ether oxygens (including phenoxy) is 2. The molecule has 6 atom stereocenters. The Kier molecular flexibility index (Phi) is 6.35. The zero-order valence-electron chi connectivity index (χ0n) is 26.6. The SMILES string of the molecule is Cc1c(F)c(N)nc(-c2nc3c4c(nc(OC[C@@]56CCCN5CC5(CC5(F)F)C6)nc4c2F)N2C[C@H]4CC[C@H](N4)[C@H]2[C@H](C)O3)c1C(F)(F)F. The number of nitrogens with two attached hydrogens (primary N) is 1. The van der Waals surface area contributed by atoms with Gasteiger partial charge in [0.1, 0.15) is 40.8 Å². The van der Waals surface area contributed by atoms with Crippen LogP contribution < -0.4 is 25.4 Å². The summed E-state index contributed by atoms with van der Waals surface area (Å²) in [5.74, 6) is -6.22.